The Morgan fingerprint density at radius 2 is 1.81 bits per heavy atom. The van der Waals surface area contributed by atoms with Crippen LogP contribution in [-0.2, 0) is 20.2 Å². The van der Waals surface area contributed by atoms with E-state index in [9.17, 15) is 8.42 Å². The van der Waals surface area contributed by atoms with Crippen molar-refractivity contribution in [3.63, 3.8) is 0 Å². The lowest BCUT2D eigenvalue weighted by Gasteiger charge is -2.20. The summed E-state index contributed by atoms with van der Waals surface area (Å²) in [7, 11) is -1.92. The molecular formula is C15H24N2O3S. The molecule has 0 spiro atoms. The van der Waals surface area contributed by atoms with E-state index in [0.29, 0.717) is 13.1 Å². The highest BCUT2D eigenvalue weighted by molar-refractivity contribution is 7.89. The number of hydrogen-bond acceptors (Lipinski definition) is 4. The van der Waals surface area contributed by atoms with Crippen LogP contribution in [0, 0.1) is 0 Å². The van der Waals surface area contributed by atoms with Gasteiger partial charge >= 0.3 is 0 Å². The van der Waals surface area contributed by atoms with Crippen molar-refractivity contribution in [3.8, 4) is 0 Å². The summed E-state index contributed by atoms with van der Waals surface area (Å²) in [5.41, 5.74) is 1.12. The minimum absolute atomic E-state index is 0.00619. The first kappa shape index (κ1) is 16.4. The van der Waals surface area contributed by atoms with E-state index in [4.69, 9.17) is 4.74 Å². The summed E-state index contributed by atoms with van der Waals surface area (Å²) in [5.74, 6) is 0. The van der Waals surface area contributed by atoms with Crippen LogP contribution in [-0.4, -0.2) is 40.8 Å². The SMILES string of the molecule is CO[C@H]1CNCC1NS(=O)(=O)c1ccc(C(C)(C)C)cc1. The second kappa shape index (κ2) is 6.04. The highest BCUT2D eigenvalue weighted by atomic mass is 32.2. The fourth-order valence-corrected chi connectivity index (χ4v) is 3.69. The first-order valence-electron chi connectivity index (χ1n) is 7.10. The highest BCUT2D eigenvalue weighted by Crippen LogP contribution is 2.23. The standard InChI is InChI=1S/C15H24N2O3S/c1-15(2,3)11-5-7-12(8-6-11)21(18,19)17-13-9-16-10-14(13)20-4/h5-8,13-14,16-17H,9-10H2,1-4H3/t13?,14-/m0/s1. The van der Waals surface area contributed by atoms with E-state index in [-0.39, 0.29) is 22.5 Å². The Morgan fingerprint density at radius 1 is 1.19 bits per heavy atom. The summed E-state index contributed by atoms with van der Waals surface area (Å²) in [6, 6.07) is 6.83. The van der Waals surface area contributed by atoms with Gasteiger partial charge in [-0.15, -0.1) is 0 Å². The Bertz CT molecular complexity index is 576. The number of ether oxygens (including phenoxy) is 1. The Hall–Kier alpha value is -0.950. The average Bonchev–Trinajstić information content (AvgIpc) is 2.84. The molecule has 2 N–H and O–H groups in total. The molecule has 1 unspecified atom stereocenters. The third-order valence-corrected chi connectivity index (χ3v) is 5.30. The highest BCUT2D eigenvalue weighted by Gasteiger charge is 2.31. The summed E-state index contributed by atoms with van der Waals surface area (Å²) in [6.45, 7) is 7.54. The summed E-state index contributed by atoms with van der Waals surface area (Å²) in [6.07, 6.45) is -0.131. The number of nitrogens with one attached hydrogen (secondary N) is 2. The van der Waals surface area contributed by atoms with Gasteiger partial charge in [0.2, 0.25) is 10.0 Å². The van der Waals surface area contributed by atoms with Gasteiger partial charge in [0.25, 0.3) is 0 Å². The molecule has 0 bridgehead atoms. The monoisotopic (exact) mass is 312 g/mol. The maximum Gasteiger partial charge on any atom is 0.240 e. The molecule has 1 heterocycles. The number of sulfonamides is 1. The molecule has 2 rings (SSSR count). The van der Waals surface area contributed by atoms with Gasteiger partial charge in [-0.25, -0.2) is 13.1 Å². The van der Waals surface area contributed by atoms with Crippen molar-refractivity contribution in [1.82, 2.24) is 10.0 Å². The fraction of sp³-hybridized carbons (Fsp3) is 0.600. The van der Waals surface area contributed by atoms with Gasteiger partial charge in [0.1, 0.15) is 0 Å². The number of hydrogen-bond donors (Lipinski definition) is 2. The van der Waals surface area contributed by atoms with Gasteiger partial charge in [0.15, 0.2) is 0 Å². The molecule has 1 fully saturated rings. The zero-order chi connectivity index (χ0) is 15.7. The van der Waals surface area contributed by atoms with Crippen LogP contribution in [0.15, 0.2) is 29.2 Å². The predicted molar refractivity (Wildman–Crippen MR) is 82.9 cm³/mol. The van der Waals surface area contributed by atoms with Crippen LogP contribution in [0.3, 0.4) is 0 Å². The van der Waals surface area contributed by atoms with Crippen molar-refractivity contribution in [2.45, 2.75) is 43.2 Å². The Morgan fingerprint density at radius 3 is 2.33 bits per heavy atom. The molecule has 1 aliphatic rings. The van der Waals surface area contributed by atoms with E-state index >= 15 is 0 Å². The second-order valence-corrected chi connectivity index (χ2v) is 8.15. The van der Waals surface area contributed by atoms with Crippen molar-refractivity contribution in [2.75, 3.05) is 20.2 Å². The van der Waals surface area contributed by atoms with Gasteiger partial charge in [-0.1, -0.05) is 32.9 Å². The minimum Gasteiger partial charge on any atom is -0.378 e. The zero-order valence-corrected chi connectivity index (χ0v) is 13.8. The lowest BCUT2D eigenvalue weighted by Crippen LogP contribution is -2.43. The molecule has 5 nitrogen and oxygen atoms in total. The molecule has 1 aliphatic heterocycles. The summed E-state index contributed by atoms with van der Waals surface area (Å²) >= 11 is 0. The Labute approximate surface area is 127 Å². The smallest absolute Gasteiger partial charge is 0.240 e. The van der Waals surface area contributed by atoms with Crippen LogP contribution in [0.4, 0.5) is 0 Å². The first-order chi connectivity index (χ1) is 9.74. The molecule has 118 valence electrons. The largest absolute Gasteiger partial charge is 0.378 e. The molecule has 6 heteroatoms. The maximum absolute atomic E-state index is 12.4. The molecule has 21 heavy (non-hydrogen) atoms. The molecular weight excluding hydrogens is 288 g/mol. The van der Waals surface area contributed by atoms with Crippen LogP contribution < -0.4 is 10.0 Å². The molecule has 0 amide bonds. The van der Waals surface area contributed by atoms with Gasteiger partial charge in [0.05, 0.1) is 17.0 Å². The Kier molecular flexibility index (Phi) is 4.72. The maximum atomic E-state index is 12.4. The van der Waals surface area contributed by atoms with E-state index < -0.39 is 10.0 Å². The third-order valence-electron chi connectivity index (χ3n) is 3.80. The van der Waals surface area contributed by atoms with Crippen molar-refractivity contribution >= 4 is 10.0 Å². The zero-order valence-electron chi connectivity index (χ0n) is 13.0. The molecule has 0 saturated carbocycles. The van der Waals surface area contributed by atoms with E-state index in [2.05, 4.69) is 30.8 Å². The first-order valence-corrected chi connectivity index (χ1v) is 8.59. The van der Waals surface area contributed by atoms with E-state index in [1.54, 1.807) is 19.2 Å². The van der Waals surface area contributed by atoms with E-state index in [1.165, 1.54) is 0 Å². The molecule has 0 aliphatic carbocycles. The van der Waals surface area contributed by atoms with Crippen LogP contribution in [0.1, 0.15) is 26.3 Å². The number of methoxy groups -OCH3 is 1. The Balaban J connectivity index is 2.16. The van der Waals surface area contributed by atoms with Crippen LogP contribution >= 0.6 is 0 Å². The summed E-state index contributed by atoms with van der Waals surface area (Å²) in [4.78, 5) is 0.289. The van der Waals surface area contributed by atoms with E-state index in [0.717, 1.165) is 5.56 Å². The second-order valence-electron chi connectivity index (χ2n) is 6.43. The summed E-state index contributed by atoms with van der Waals surface area (Å²) < 4.78 is 32.8. The lowest BCUT2D eigenvalue weighted by molar-refractivity contribution is 0.103. The van der Waals surface area contributed by atoms with Gasteiger partial charge in [-0.05, 0) is 23.1 Å². The van der Waals surface area contributed by atoms with Crippen molar-refractivity contribution in [3.05, 3.63) is 29.8 Å². The molecule has 1 aromatic rings. The molecule has 2 atom stereocenters. The number of benzene rings is 1. The normalized spacial score (nSPS) is 23.4. The van der Waals surface area contributed by atoms with Gasteiger partial charge in [-0.2, -0.15) is 0 Å². The van der Waals surface area contributed by atoms with Crippen molar-refractivity contribution < 1.29 is 13.2 Å². The number of rotatable bonds is 4. The minimum atomic E-state index is -3.52. The molecule has 0 radical (unpaired) electrons. The topological polar surface area (TPSA) is 67.4 Å². The van der Waals surface area contributed by atoms with Gasteiger partial charge in [0, 0.05) is 20.2 Å². The van der Waals surface area contributed by atoms with Crippen LogP contribution in [0.5, 0.6) is 0 Å². The van der Waals surface area contributed by atoms with Gasteiger partial charge < -0.3 is 10.1 Å². The third kappa shape index (κ3) is 3.83. The quantitative estimate of drug-likeness (QED) is 0.878. The van der Waals surface area contributed by atoms with E-state index in [1.807, 2.05) is 12.1 Å². The van der Waals surface area contributed by atoms with Crippen molar-refractivity contribution in [2.24, 2.45) is 0 Å². The fourth-order valence-electron chi connectivity index (χ4n) is 2.42. The molecule has 1 aromatic carbocycles. The summed E-state index contributed by atoms with van der Waals surface area (Å²) in [5, 5.41) is 3.12. The van der Waals surface area contributed by atoms with Crippen molar-refractivity contribution in [1.29, 1.82) is 0 Å². The van der Waals surface area contributed by atoms with Crippen LogP contribution in [0.2, 0.25) is 0 Å². The molecule has 1 saturated heterocycles. The van der Waals surface area contributed by atoms with Gasteiger partial charge in [-0.3, -0.25) is 0 Å². The predicted octanol–water partition coefficient (Wildman–Crippen LogP) is 1.25. The molecule has 0 aromatic heterocycles. The van der Waals surface area contributed by atoms with Crippen LogP contribution in [0.25, 0.3) is 0 Å². The lowest BCUT2D eigenvalue weighted by atomic mass is 9.87. The average molecular weight is 312 g/mol.